The number of nitrogens with zero attached hydrogens (tertiary/aromatic N) is 6. The molecule has 0 spiro atoms. The molecule has 1 aliphatic carbocycles. The Morgan fingerprint density at radius 1 is 1.26 bits per heavy atom. The normalized spacial score (nSPS) is 17.7. The Morgan fingerprint density at radius 3 is 2.82 bits per heavy atom. The molecule has 0 saturated heterocycles. The Hall–Kier alpha value is -4.10. The maximum Gasteiger partial charge on any atom is 0.151 e. The van der Waals surface area contributed by atoms with E-state index >= 15 is 0 Å². The van der Waals surface area contributed by atoms with E-state index in [2.05, 4.69) is 15.4 Å². The number of fused-ring (bicyclic) bond motifs is 1. The van der Waals surface area contributed by atoms with Gasteiger partial charge in [-0.2, -0.15) is 10.4 Å². The number of hydrogen-bond donors (Lipinski definition) is 3. The number of nitriles is 1. The number of rotatable bonds is 5. The summed E-state index contributed by atoms with van der Waals surface area (Å²) in [7, 11) is 0. The number of nitrogens with two attached hydrogens (primary N) is 1. The molecule has 3 heterocycles. The fraction of sp³-hybridized carbons (Fsp3) is 0.292. The smallest absolute Gasteiger partial charge is 0.151 e. The van der Waals surface area contributed by atoms with Crippen LogP contribution in [0.5, 0.6) is 0 Å². The van der Waals surface area contributed by atoms with E-state index in [1.54, 1.807) is 24.7 Å². The first-order chi connectivity index (χ1) is 16.5. The highest BCUT2D eigenvalue weighted by molar-refractivity contribution is 5.96. The van der Waals surface area contributed by atoms with E-state index in [4.69, 9.17) is 21.0 Å². The average Bonchev–Trinajstić information content (AvgIpc) is 3.48. The number of halogens is 1. The third-order valence-corrected chi connectivity index (χ3v) is 6.11. The highest BCUT2D eigenvalue weighted by Gasteiger charge is 2.24. The fourth-order valence-corrected chi connectivity index (χ4v) is 4.29. The number of hydrogen-bond acceptors (Lipinski definition) is 8. The fourth-order valence-electron chi connectivity index (χ4n) is 4.29. The first-order valence-electron chi connectivity index (χ1n) is 11.1. The molecule has 1 aromatic carbocycles. The summed E-state index contributed by atoms with van der Waals surface area (Å²) in [5.41, 5.74) is 9.86. The summed E-state index contributed by atoms with van der Waals surface area (Å²) in [5.74, 6) is 0.343. The topological polar surface area (TPSA) is 139 Å². The van der Waals surface area contributed by atoms with Gasteiger partial charge in [-0.3, -0.25) is 0 Å². The van der Waals surface area contributed by atoms with Crippen LogP contribution in [0.2, 0.25) is 0 Å². The van der Waals surface area contributed by atoms with Gasteiger partial charge in [0, 0.05) is 35.6 Å². The van der Waals surface area contributed by atoms with Crippen LogP contribution in [0.4, 0.5) is 16.0 Å². The quantitative estimate of drug-likeness (QED) is 0.414. The number of aromatic nitrogens is 5. The minimum absolute atomic E-state index is 0.0262. The number of benzene rings is 1. The van der Waals surface area contributed by atoms with E-state index in [-0.39, 0.29) is 23.5 Å². The SMILES string of the molecule is CCc1nc2c(N)ncc(-c3cnn(-c4ccc(C#N)c(F)c4)c3)c2nc1N[C@@H]1CC[C@H](O)C1. The number of aliphatic hydroxyl groups is 1. The van der Waals surface area contributed by atoms with E-state index in [9.17, 15) is 9.50 Å². The maximum atomic E-state index is 14.1. The molecular weight excluding hydrogens is 435 g/mol. The molecule has 1 fully saturated rings. The van der Waals surface area contributed by atoms with Crippen molar-refractivity contribution in [2.45, 2.75) is 44.8 Å². The highest BCUT2D eigenvalue weighted by Crippen LogP contribution is 2.32. The van der Waals surface area contributed by atoms with E-state index < -0.39 is 5.82 Å². The first-order valence-corrected chi connectivity index (χ1v) is 11.1. The lowest BCUT2D eigenvalue weighted by Gasteiger charge is -2.17. The van der Waals surface area contributed by atoms with Crippen molar-refractivity contribution in [1.29, 1.82) is 5.26 Å². The summed E-state index contributed by atoms with van der Waals surface area (Å²) in [6, 6.07) is 6.25. The molecule has 10 heteroatoms. The van der Waals surface area contributed by atoms with Crippen LogP contribution in [0.25, 0.3) is 27.8 Å². The third-order valence-electron chi connectivity index (χ3n) is 6.11. The van der Waals surface area contributed by atoms with Gasteiger partial charge in [-0.1, -0.05) is 6.92 Å². The van der Waals surface area contributed by atoms with Gasteiger partial charge in [-0.25, -0.2) is 24.0 Å². The summed E-state index contributed by atoms with van der Waals surface area (Å²) in [6.07, 6.45) is 7.66. The van der Waals surface area contributed by atoms with Gasteiger partial charge >= 0.3 is 0 Å². The molecule has 0 amide bonds. The number of nitrogen functional groups attached to an aromatic ring is 1. The van der Waals surface area contributed by atoms with E-state index in [1.165, 1.54) is 16.8 Å². The molecule has 1 saturated carbocycles. The van der Waals surface area contributed by atoms with Crippen LogP contribution in [0.15, 0.2) is 36.8 Å². The van der Waals surface area contributed by atoms with Crippen LogP contribution in [0.3, 0.4) is 0 Å². The molecule has 2 atom stereocenters. The lowest BCUT2D eigenvalue weighted by atomic mass is 10.1. The standard InChI is InChI=1S/C24H23FN8O/c1-2-20-24(30-15-4-6-17(34)7-15)32-21-18(11-28-23(27)22(21)31-20)14-10-29-33(12-14)16-5-3-13(9-26)19(25)8-16/h3,5,8,10-12,15,17,34H,2,4,6-7H2,1H3,(H2,27,28)(H,30,32)/t15-,17+/m1/s1. The Balaban J connectivity index is 1.57. The number of nitrogens with one attached hydrogen (secondary N) is 1. The number of anilines is 2. The van der Waals surface area contributed by atoms with Crippen LogP contribution < -0.4 is 11.1 Å². The molecule has 0 unspecified atom stereocenters. The Bertz CT molecular complexity index is 1430. The average molecular weight is 459 g/mol. The minimum Gasteiger partial charge on any atom is -0.393 e. The zero-order valence-corrected chi connectivity index (χ0v) is 18.5. The first kappa shape index (κ1) is 21.7. The lowest BCUT2D eigenvalue weighted by Crippen LogP contribution is -2.19. The molecular formula is C24H23FN8O. The zero-order valence-electron chi connectivity index (χ0n) is 18.5. The summed E-state index contributed by atoms with van der Waals surface area (Å²) in [5, 5.41) is 26.7. The molecule has 172 valence electrons. The number of aliphatic hydroxyl groups excluding tert-OH is 1. The summed E-state index contributed by atoms with van der Waals surface area (Å²) in [4.78, 5) is 13.9. The molecule has 0 aliphatic heterocycles. The highest BCUT2D eigenvalue weighted by atomic mass is 19.1. The van der Waals surface area contributed by atoms with Crippen LogP contribution in [-0.2, 0) is 6.42 Å². The molecule has 9 nitrogen and oxygen atoms in total. The molecule has 4 aromatic rings. The van der Waals surface area contributed by atoms with E-state index in [1.807, 2.05) is 13.0 Å². The van der Waals surface area contributed by atoms with Gasteiger partial charge in [0.05, 0.1) is 29.2 Å². The van der Waals surface area contributed by atoms with E-state index in [0.29, 0.717) is 46.5 Å². The Kier molecular flexibility index (Phi) is 5.55. The molecule has 4 N–H and O–H groups in total. The largest absolute Gasteiger partial charge is 0.393 e. The molecule has 0 bridgehead atoms. The number of aryl methyl sites for hydroxylation is 1. The summed E-state index contributed by atoms with van der Waals surface area (Å²) >= 11 is 0. The maximum absolute atomic E-state index is 14.1. The van der Waals surface area contributed by atoms with Crippen molar-refractivity contribution in [2.75, 3.05) is 11.1 Å². The van der Waals surface area contributed by atoms with Crippen LogP contribution in [0, 0.1) is 17.1 Å². The van der Waals surface area contributed by atoms with Crippen molar-refractivity contribution >= 4 is 22.7 Å². The molecule has 0 radical (unpaired) electrons. The van der Waals surface area contributed by atoms with Crippen molar-refractivity contribution < 1.29 is 9.50 Å². The van der Waals surface area contributed by atoms with Gasteiger partial charge in [-0.15, -0.1) is 0 Å². The monoisotopic (exact) mass is 458 g/mol. The van der Waals surface area contributed by atoms with Crippen molar-refractivity contribution in [1.82, 2.24) is 24.7 Å². The van der Waals surface area contributed by atoms with Gasteiger partial charge < -0.3 is 16.2 Å². The van der Waals surface area contributed by atoms with Crippen molar-refractivity contribution in [3.05, 3.63) is 53.9 Å². The van der Waals surface area contributed by atoms with Gasteiger partial charge in [0.15, 0.2) is 5.82 Å². The molecule has 3 aromatic heterocycles. The van der Waals surface area contributed by atoms with Crippen LogP contribution >= 0.6 is 0 Å². The van der Waals surface area contributed by atoms with Gasteiger partial charge in [-0.05, 0) is 37.8 Å². The Labute approximate surface area is 195 Å². The minimum atomic E-state index is -0.609. The van der Waals surface area contributed by atoms with E-state index in [0.717, 1.165) is 18.5 Å². The molecule has 1 aliphatic rings. The summed E-state index contributed by atoms with van der Waals surface area (Å²) < 4.78 is 15.6. The van der Waals surface area contributed by atoms with Crippen LogP contribution in [-0.4, -0.2) is 42.0 Å². The second-order valence-corrected chi connectivity index (χ2v) is 8.38. The predicted molar refractivity (Wildman–Crippen MR) is 126 cm³/mol. The Morgan fingerprint density at radius 2 is 2.12 bits per heavy atom. The third kappa shape index (κ3) is 3.91. The predicted octanol–water partition coefficient (Wildman–Crippen LogP) is 3.36. The van der Waals surface area contributed by atoms with Gasteiger partial charge in [0.2, 0.25) is 0 Å². The van der Waals surface area contributed by atoms with Gasteiger partial charge in [0.1, 0.15) is 28.7 Å². The van der Waals surface area contributed by atoms with Crippen LogP contribution in [0.1, 0.15) is 37.4 Å². The molecule has 5 rings (SSSR count). The van der Waals surface area contributed by atoms with Crippen molar-refractivity contribution in [2.24, 2.45) is 0 Å². The zero-order chi connectivity index (χ0) is 23.8. The van der Waals surface area contributed by atoms with Crippen molar-refractivity contribution in [3.63, 3.8) is 0 Å². The van der Waals surface area contributed by atoms with Crippen molar-refractivity contribution in [3.8, 4) is 22.9 Å². The second-order valence-electron chi connectivity index (χ2n) is 8.38. The second kappa shape index (κ2) is 8.68. The lowest BCUT2D eigenvalue weighted by molar-refractivity contribution is 0.182. The molecule has 34 heavy (non-hydrogen) atoms. The summed E-state index contributed by atoms with van der Waals surface area (Å²) in [6.45, 7) is 2.00. The van der Waals surface area contributed by atoms with Gasteiger partial charge in [0.25, 0.3) is 0 Å². The number of pyridine rings is 1.